The molecule has 0 spiro atoms. The lowest BCUT2D eigenvalue weighted by atomic mass is 9.93. The monoisotopic (exact) mass is 351 g/mol. The van der Waals surface area contributed by atoms with Crippen molar-refractivity contribution in [2.24, 2.45) is 5.41 Å². The van der Waals surface area contributed by atoms with Crippen molar-refractivity contribution in [3.63, 3.8) is 0 Å². The Bertz CT molecular complexity index is 700. The first-order valence-electron chi connectivity index (χ1n) is 6.27. The molecular weight excluding hydrogens is 337 g/mol. The van der Waals surface area contributed by atoms with Crippen LogP contribution in [0.2, 0.25) is 10.0 Å². The summed E-state index contributed by atoms with van der Waals surface area (Å²) in [5.74, 6) is -1.30. The minimum absolute atomic E-state index is 0.0743. The first-order valence-corrected chi connectivity index (χ1v) is 8.47. The molecule has 5 nitrogen and oxygen atoms in total. The van der Waals surface area contributed by atoms with E-state index in [0.29, 0.717) is 13.1 Å². The van der Waals surface area contributed by atoms with Crippen LogP contribution in [0.25, 0.3) is 0 Å². The van der Waals surface area contributed by atoms with Gasteiger partial charge < -0.3 is 5.11 Å². The summed E-state index contributed by atoms with van der Waals surface area (Å²) in [6.45, 7) is 4.72. The molecule has 0 bridgehead atoms. The lowest BCUT2D eigenvalue weighted by Gasteiger charge is -2.20. The van der Waals surface area contributed by atoms with Crippen molar-refractivity contribution in [2.45, 2.75) is 25.2 Å². The third-order valence-corrected chi connectivity index (χ3v) is 6.13. The molecule has 8 heteroatoms. The van der Waals surface area contributed by atoms with Gasteiger partial charge in [-0.05, 0) is 24.0 Å². The van der Waals surface area contributed by atoms with Gasteiger partial charge in [-0.2, -0.15) is 4.31 Å². The Morgan fingerprint density at radius 1 is 1.29 bits per heavy atom. The van der Waals surface area contributed by atoms with Crippen LogP contribution in [0.3, 0.4) is 0 Å². The van der Waals surface area contributed by atoms with Crippen molar-refractivity contribution in [3.05, 3.63) is 27.7 Å². The molecule has 0 aliphatic carbocycles. The molecule has 1 heterocycles. The van der Waals surface area contributed by atoms with Crippen LogP contribution in [0.15, 0.2) is 17.0 Å². The van der Waals surface area contributed by atoms with Crippen molar-refractivity contribution >= 4 is 39.2 Å². The average Bonchev–Trinajstić information content (AvgIpc) is 2.69. The van der Waals surface area contributed by atoms with Crippen molar-refractivity contribution < 1.29 is 18.3 Å². The van der Waals surface area contributed by atoms with Gasteiger partial charge in [0.05, 0.1) is 15.6 Å². The van der Waals surface area contributed by atoms with Crippen molar-refractivity contribution in [1.82, 2.24) is 4.31 Å². The molecule has 0 radical (unpaired) electrons. The molecule has 1 N–H and O–H groups in total. The van der Waals surface area contributed by atoms with Crippen LogP contribution in [-0.2, 0) is 10.0 Å². The Balaban J connectivity index is 2.51. The molecule has 2 rings (SSSR count). The van der Waals surface area contributed by atoms with Gasteiger partial charge in [0.25, 0.3) is 0 Å². The fourth-order valence-electron chi connectivity index (χ4n) is 2.30. The maximum Gasteiger partial charge on any atom is 0.337 e. The molecule has 0 saturated carbocycles. The van der Waals surface area contributed by atoms with E-state index in [-0.39, 0.29) is 25.9 Å². The van der Waals surface area contributed by atoms with E-state index in [0.717, 1.165) is 18.6 Å². The molecule has 1 saturated heterocycles. The summed E-state index contributed by atoms with van der Waals surface area (Å²) in [6.07, 6.45) is 0.739. The summed E-state index contributed by atoms with van der Waals surface area (Å²) < 4.78 is 26.6. The highest BCUT2D eigenvalue weighted by atomic mass is 35.5. The van der Waals surface area contributed by atoms with Crippen LogP contribution >= 0.6 is 23.2 Å². The summed E-state index contributed by atoms with van der Waals surface area (Å²) in [6, 6.07) is 2.17. The molecule has 1 fully saturated rings. The van der Waals surface area contributed by atoms with Crippen LogP contribution in [0, 0.1) is 5.41 Å². The highest BCUT2D eigenvalue weighted by molar-refractivity contribution is 7.89. The van der Waals surface area contributed by atoms with E-state index in [1.165, 1.54) is 4.31 Å². The Morgan fingerprint density at radius 2 is 1.90 bits per heavy atom. The molecule has 1 aliphatic heterocycles. The molecule has 0 aromatic heterocycles. The number of carboxylic acids is 1. The van der Waals surface area contributed by atoms with Gasteiger partial charge >= 0.3 is 5.97 Å². The lowest BCUT2D eigenvalue weighted by molar-refractivity contribution is 0.0697. The first kappa shape index (κ1) is 16.5. The second-order valence-corrected chi connectivity index (χ2v) is 8.54. The van der Waals surface area contributed by atoms with Gasteiger partial charge in [0, 0.05) is 13.1 Å². The zero-order valence-corrected chi connectivity index (χ0v) is 13.9. The zero-order valence-electron chi connectivity index (χ0n) is 11.6. The van der Waals surface area contributed by atoms with E-state index in [9.17, 15) is 13.2 Å². The van der Waals surface area contributed by atoms with Crippen molar-refractivity contribution in [3.8, 4) is 0 Å². The van der Waals surface area contributed by atoms with E-state index in [4.69, 9.17) is 28.3 Å². The molecule has 1 aromatic rings. The third-order valence-electron chi connectivity index (χ3n) is 3.51. The zero-order chi connectivity index (χ0) is 16.0. The van der Waals surface area contributed by atoms with Gasteiger partial charge in [0.2, 0.25) is 10.0 Å². The van der Waals surface area contributed by atoms with Gasteiger partial charge in [-0.15, -0.1) is 0 Å². The van der Waals surface area contributed by atoms with Gasteiger partial charge in [-0.3, -0.25) is 0 Å². The molecule has 21 heavy (non-hydrogen) atoms. The highest BCUT2D eigenvalue weighted by Crippen LogP contribution is 2.36. The fraction of sp³-hybridized carbons (Fsp3) is 0.462. The number of aromatic carboxylic acids is 1. The lowest BCUT2D eigenvalue weighted by Crippen LogP contribution is -2.30. The van der Waals surface area contributed by atoms with Crippen LogP contribution in [0.1, 0.15) is 30.6 Å². The third kappa shape index (κ3) is 3.18. The van der Waals surface area contributed by atoms with E-state index in [1.807, 2.05) is 13.8 Å². The topological polar surface area (TPSA) is 74.7 Å². The number of hydrogen-bond acceptors (Lipinski definition) is 3. The minimum Gasteiger partial charge on any atom is -0.478 e. The van der Waals surface area contributed by atoms with Gasteiger partial charge in [0.15, 0.2) is 0 Å². The number of hydrogen-bond donors (Lipinski definition) is 1. The van der Waals surface area contributed by atoms with Gasteiger partial charge in [-0.1, -0.05) is 37.0 Å². The maximum atomic E-state index is 12.6. The SMILES string of the molecule is CC1(C)CCN(S(=O)(=O)c2cc(C(=O)O)c(Cl)cc2Cl)C1. The smallest absolute Gasteiger partial charge is 0.337 e. The largest absolute Gasteiger partial charge is 0.478 e. The van der Waals surface area contributed by atoms with E-state index in [1.54, 1.807) is 0 Å². The predicted octanol–water partition coefficient (Wildman–Crippen LogP) is 3.11. The molecule has 0 amide bonds. The summed E-state index contributed by atoms with van der Waals surface area (Å²) in [5, 5.41) is 8.90. The van der Waals surface area contributed by atoms with Crippen molar-refractivity contribution in [2.75, 3.05) is 13.1 Å². The molecule has 0 unspecified atom stereocenters. The van der Waals surface area contributed by atoms with Gasteiger partial charge in [-0.25, -0.2) is 13.2 Å². The van der Waals surface area contributed by atoms with Crippen LogP contribution in [0.5, 0.6) is 0 Å². The minimum atomic E-state index is -3.83. The standard InChI is InChI=1S/C13H15Cl2NO4S/c1-13(2)3-4-16(7-13)21(19,20)11-5-8(12(17)18)9(14)6-10(11)15/h5-6H,3-4,7H2,1-2H3,(H,17,18). The predicted molar refractivity (Wildman–Crippen MR) is 80.6 cm³/mol. The fourth-order valence-corrected chi connectivity index (χ4v) is 4.76. The molecular formula is C13H15Cl2NO4S. The quantitative estimate of drug-likeness (QED) is 0.907. The number of carbonyl (C=O) groups is 1. The van der Waals surface area contributed by atoms with E-state index < -0.39 is 16.0 Å². The Hall–Kier alpha value is -0.820. The van der Waals surface area contributed by atoms with Crippen molar-refractivity contribution in [1.29, 1.82) is 0 Å². The number of nitrogens with zero attached hydrogens (tertiary/aromatic N) is 1. The number of halogens is 2. The van der Waals surface area contributed by atoms with Crippen LogP contribution in [-0.4, -0.2) is 36.9 Å². The van der Waals surface area contributed by atoms with Gasteiger partial charge in [0.1, 0.15) is 4.90 Å². The number of carboxylic acid groups (broad SMARTS) is 1. The second kappa shape index (κ2) is 5.43. The number of sulfonamides is 1. The van der Waals surface area contributed by atoms with E-state index >= 15 is 0 Å². The first-order chi connectivity index (χ1) is 9.54. The summed E-state index contributed by atoms with van der Waals surface area (Å²) >= 11 is 11.7. The Kier molecular flexibility index (Phi) is 4.28. The molecule has 116 valence electrons. The number of rotatable bonds is 3. The van der Waals surface area contributed by atoms with E-state index in [2.05, 4.69) is 0 Å². The highest BCUT2D eigenvalue weighted by Gasteiger charge is 2.38. The Labute approximate surface area is 133 Å². The number of benzene rings is 1. The molecule has 1 aromatic carbocycles. The Morgan fingerprint density at radius 3 is 2.38 bits per heavy atom. The summed E-state index contributed by atoms with van der Waals surface area (Å²) in [5.41, 5.74) is -0.389. The van der Waals surface area contributed by atoms with Crippen LogP contribution < -0.4 is 0 Å². The average molecular weight is 352 g/mol. The molecule has 1 aliphatic rings. The van der Waals surface area contributed by atoms with Crippen LogP contribution in [0.4, 0.5) is 0 Å². The summed E-state index contributed by atoms with van der Waals surface area (Å²) in [7, 11) is -3.83. The normalized spacial score (nSPS) is 18.9. The second-order valence-electron chi connectivity index (χ2n) is 5.82. The molecule has 0 atom stereocenters. The maximum absolute atomic E-state index is 12.6. The summed E-state index contributed by atoms with van der Waals surface area (Å²) in [4.78, 5) is 10.9.